The van der Waals surface area contributed by atoms with Gasteiger partial charge in [0.25, 0.3) is 5.91 Å². The van der Waals surface area contributed by atoms with Gasteiger partial charge in [0.2, 0.25) is 0 Å². The van der Waals surface area contributed by atoms with Crippen LogP contribution in [0.25, 0.3) is 0 Å². The number of hydrogen-bond donors (Lipinski definition) is 1. The van der Waals surface area contributed by atoms with Crippen LogP contribution < -0.4 is 5.32 Å². The van der Waals surface area contributed by atoms with E-state index in [-0.39, 0.29) is 28.2 Å². The van der Waals surface area contributed by atoms with Crippen LogP contribution in [0.1, 0.15) is 57.3 Å². The van der Waals surface area contributed by atoms with Gasteiger partial charge in [-0.25, -0.2) is 13.2 Å². The Morgan fingerprint density at radius 1 is 1.18 bits per heavy atom. The fourth-order valence-corrected chi connectivity index (χ4v) is 4.70. The van der Waals surface area contributed by atoms with Crippen molar-refractivity contribution >= 4 is 21.8 Å². The average Bonchev–Trinajstić information content (AvgIpc) is 2.60. The smallest absolute Gasteiger partial charge is 0.407 e. The van der Waals surface area contributed by atoms with Gasteiger partial charge in [0.05, 0.1) is 16.2 Å². The first kappa shape index (κ1) is 22.2. The van der Waals surface area contributed by atoms with Crippen LogP contribution in [0.2, 0.25) is 0 Å². The molecule has 2 rings (SSSR count). The Balaban J connectivity index is 2.02. The van der Waals surface area contributed by atoms with E-state index < -0.39 is 21.5 Å². The van der Waals surface area contributed by atoms with Gasteiger partial charge in [0.15, 0.2) is 9.84 Å². The van der Waals surface area contributed by atoms with Crippen LogP contribution in [-0.2, 0) is 14.6 Å². The molecule has 0 bridgehead atoms. The Labute approximate surface area is 167 Å². The second-order valence-corrected chi connectivity index (χ2v) is 10.1. The SMILES string of the molecule is CCCS(=O)(=O)c1ccccc1C(=O)N1CCC(NC(=O)OC(C)(C)C)CC1. The first-order valence-corrected chi connectivity index (χ1v) is 11.3. The van der Waals surface area contributed by atoms with Crippen molar-refractivity contribution in [2.75, 3.05) is 18.8 Å². The molecule has 28 heavy (non-hydrogen) atoms. The summed E-state index contributed by atoms with van der Waals surface area (Å²) in [5.74, 6) is -0.273. The summed E-state index contributed by atoms with van der Waals surface area (Å²) in [4.78, 5) is 26.6. The quantitative estimate of drug-likeness (QED) is 0.805. The third-order valence-electron chi connectivity index (χ3n) is 4.43. The highest BCUT2D eigenvalue weighted by Gasteiger charge is 2.29. The molecule has 8 heteroatoms. The molecule has 0 unspecified atom stereocenters. The fourth-order valence-electron chi connectivity index (χ4n) is 3.16. The largest absolute Gasteiger partial charge is 0.444 e. The molecule has 1 saturated heterocycles. The number of hydrogen-bond acceptors (Lipinski definition) is 5. The van der Waals surface area contributed by atoms with E-state index in [4.69, 9.17) is 4.74 Å². The summed E-state index contributed by atoms with van der Waals surface area (Å²) in [6.07, 6.45) is 1.21. The minimum absolute atomic E-state index is 0.0131. The summed E-state index contributed by atoms with van der Waals surface area (Å²) in [5, 5.41) is 2.83. The second-order valence-electron chi connectivity index (χ2n) is 8.03. The number of benzene rings is 1. The Morgan fingerprint density at radius 3 is 2.36 bits per heavy atom. The molecule has 0 saturated carbocycles. The van der Waals surface area contributed by atoms with E-state index in [0.717, 1.165) is 0 Å². The number of nitrogens with zero attached hydrogens (tertiary/aromatic N) is 1. The summed E-state index contributed by atoms with van der Waals surface area (Å²) >= 11 is 0. The Kier molecular flexibility index (Phi) is 7.09. The molecule has 1 fully saturated rings. The minimum atomic E-state index is -3.49. The number of likely N-dealkylation sites (tertiary alicyclic amines) is 1. The summed E-state index contributed by atoms with van der Waals surface area (Å²) in [6, 6.07) is 6.30. The maximum Gasteiger partial charge on any atom is 0.407 e. The van der Waals surface area contributed by atoms with Gasteiger partial charge in [-0.1, -0.05) is 19.1 Å². The van der Waals surface area contributed by atoms with E-state index in [1.54, 1.807) is 50.8 Å². The lowest BCUT2D eigenvalue weighted by Crippen LogP contribution is -2.47. The van der Waals surface area contributed by atoms with Crippen LogP contribution in [0, 0.1) is 0 Å². The van der Waals surface area contributed by atoms with Crippen molar-refractivity contribution < 1.29 is 22.7 Å². The average molecular weight is 411 g/mol. The highest BCUT2D eigenvalue weighted by atomic mass is 32.2. The first-order chi connectivity index (χ1) is 13.0. The zero-order chi connectivity index (χ0) is 20.9. The van der Waals surface area contributed by atoms with Gasteiger partial charge < -0.3 is 15.0 Å². The highest BCUT2D eigenvalue weighted by Crippen LogP contribution is 2.22. The van der Waals surface area contributed by atoms with Crippen LogP contribution in [0.5, 0.6) is 0 Å². The number of nitrogens with one attached hydrogen (secondary N) is 1. The van der Waals surface area contributed by atoms with E-state index in [2.05, 4.69) is 5.32 Å². The predicted molar refractivity (Wildman–Crippen MR) is 107 cm³/mol. The lowest BCUT2D eigenvalue weighted by molar-refractivity contribution is 0.0473. The molecule has 7 nitrogen and oxygen atoms in total. The van der Waals surface area contributed by atoms with Crippen LogP contribution in [0.15, 0.2) is 29.2 Å². The lowest BCUT2D eigenvalue weighted by Gasteiger charge is -2.33. The third-order valence-corrected chi connectivity index (χ3v) is 6.40. The highest BCUT2D eigenvalue weighted by molar-refractivity contribution is 7.91. The van der Waals surface area contributed by atoms with Crippen LogP contribution in [0.3, 0.4) is 0 Å². The fraction of sp³-hybridized carbons (Fsp3) is 0.600. The molecule has 0 spiro atoms. The molecule has 0 radical (unpaired) electrons. The molecule has 0 atom stereocenters. The summed E-state index contributed by atoms with van der Waals surface area (Å²) in [7, 11) is -3.49. The van der Waals surface area contributed by atoms with Gasteiger partial charge in [-0.05, 0) is 52.2 Å². The molecule has 0 aromatic heterocycles. The maximum absolute atomic E-state index is 12.9. The van der Waals surface area contributed by atoms with E-state index in [1.165, 1.54) is 6.07 Å². The van der Waals surface area contributed by atoms with Crippen LogP contribution in [-0.4, -0.2) is 55.8 Å². The molecule has 1 aliphatic heterocycles. The predicted octanol–water partition coefficient (Wildman–Crippen LogP) is 3.00. The zero-order valence-corrected chi connectivity index (χ0v) is 17.8. The molecular formula is C20H30N2O5S. The first-order valence-electron chi connectivity index (χ1n) is 9.64. The van der Waals surface area contributed by atoms with Crippen molar-refractivity contribution in [1.29, 1.82) is 0 Å². The molecule has 1 aromatic rings. The van der Waals surface area contributed by atoms with E-state index in [1.807, 2.05) is 0 Å². The van der Waals surface area contributed by atoms with Gasteiger partial charge in [0.1, 0.15) is 5.60 Å². The number of rotatable bonds is 5. The minimum Gasteiger partial charge on any atom is -0.444 e. The number of carbonyl (C=O) groups is 2. The van der Waals surface area contributed by atoms with E-state index in [0.29, 0.717) is 32.4 Å². The zero-order valence-electron chi connectivity index (χ0n) is 17.0. The second kappa shape index (κ2) is 8.94. The van der Waals surface area contributed by atoms with Crippen molar-refractivity contribution in [2.45, 2.75) is 63.5 Å². The maximum atomic E-state index is 12.9. The summed E-state index contributed by atoms with van der Waals surface area (Å²) in [5.41, 5.74) is -0.344. The standard InChI is InChI=1S/C20H30N2O5S/c1-5-14-28(25,26)17-9-7-6-8-16(17)18(23)22-12-10-15(11-13-22)21-19(24)27-20(2,3)4/h6-9,15H,5,10-14H2,1-4H3,(H,21,24). The Morgan fingerprint density at radius 2 is 1.79 bits per heavy atom. The van der Waals surface area contributed by atoms with E-state index >= 15 is 0 Å². The van der Waals surface area contributed by atoms with Gasteiger partial charge in [-0.15, -0.1) is 0 Å². The van der Waals surface area contributed by atoms with Gasteiger partial charge in [-0.2, -0.15) is 0 Å². The van der Waals surface area contributed by atoms with Crippen molar-refractivity contribution in [3.63, 3.8) is 0 Å². The molecule has 1 aliphatic rings. The molecule has 1 N–H and O–H groups in total. The number of sulfone groups is 1. The summed E-state index contributed by atoms with van der Waals surface area (Å²) in [6.45, 7) is 8.10. The van der Waals surface area contributed by atoms with Crippen molar-refractivity contribution in [3.05, 3.63) is 29.8 Å². The lowest BCUT2D eigenvalue weighted by atomic mass is 10.0. The number of ether oxygens (including phenoxy) is 1. The third kappa shape index (κ3) is 5.95. The van der Waals surface area contributed by atoms with Gasteiger partial charge in [-0.3, -0.25) is 4.79 Å². The normalized spacial score (nSPS) is 15.9. The topological polar surface area (TPSA) is 92.8 Å². The van der Waals surface area contributed by atoms with Crippen molar-refractivity contribution in [3.8, 4) is 0 Å². The molecule has 2 amide bonds. The van der Waals surface area contributed by atoms with Gasteiger partial charge >= 0.3 is 6.09 Å². The monoisotopic (exact) mass is 410 g/mol. The van der Waals surface area contributed by atoms with Crippen molar-refractivity contribution in [1.82, 2.24) is 10.2 Å². The number of piperidine rings is 1. The summed E-state index contributed by atoms with van der Waals surface area (Å²) < 4.78 is 30.3. The molecule has 156 valence electrons. The number of alkyl carbamates (subject to hydrolysis) is 1. The molecule has 1 aromatic carbocycles. The van der Waals surface area contributed by atoms with E-state index in [9.17, 15) is 18.0 Å². The Bertz CT molecular complexity index is 806. The van der Waals surface area contributed by atoms with Crippen molar-refractivity contribution in [2.24, 2.45) is 0 Å². The van der Waals surface area contributed by atoms with Gasteiger partial charge in [0, 0.05) is 19.1 Å². The molecule has 1 heterocycles. The number of carbonyl (C=O) groups excluding carboxylic acids is 2. The molecule has 0 aliphatic carbocycles. The number of amides is 2. The molecular weight excluding hydrogens is 380 g/mol. The van der Waals surface area contributed by atoms with Crippen LogP contribution in [0.4, 0.5) is 4.79 Å². The van der Waals surface area contributed by atoms with Crippen LogP contribution >= 0.6 is 0 Å². The Hall–Kier alpha value is -2.09.